The molecule has 2 fully saturated rings. The molecule has 21 heavy (non-hydrogen) atoms. The van der Waals surface area contributed by atoms with Crippen LogP contribution in [-0.4, -0.2) is 36.2 Å². The van der Waals surface area contributed by atoms with Crippen LogP contribution in [0.4, 0.5) is 5.82 Å². The van der Waals surface area contributed by atoms with Gasteiger partial charge in [-0.05, 0) is 25.5 Å². The topological polar surface area (TPSA) is 63.2 Å². The minimum absolute atomic E-state index is 0.0789. The summed E-state index contributed by atoms with van der Waals surface area (Å²) in [5.41, 5.74) is 0.721. The van der Waals surface area contributed by atoms with Crippen LogP contribution in [0.25, 0.3) is 0 Å². The van der Waals surface area contributed by atoms with Gasteiger partial charge >= 0.3 is 0 Å². The molecule has 1 aromatic rings. The molecule has 1 saturated heterocycles. The van der Waals surface area contributed by atoms with Gasteiger partial charge in [0, 0.05) is 36.7 Å². The number of anilines is 1. The van der Waals surface area contributed by atoms with Gasteiger partial charge in [-0.15, -0.1) is 0 Å². The van der Waals surface area contributed by atoms with Crippen LogP contribution in [0.2, 0.25) is 0 Å². The van der Waals surface area contributed by atoms with Crippen molar-refractivity contribution in [1.82, 2.24) is 10.3 Å². The Hall–Kier alpha value is -1.62. The summed E-state index contributed by atoms with van der Waals surface area (Å²) < 4.78 is 5.80. The maximum atomic E-state index is 11.7. The predicted molar refractivity (Wildman–Crippen MR) is 81.3 cm³/mol. The monoisotopic (exact) mass is 289 g/mol. The molecule has 3 atom stereocenters. The van der Waals surface area contributed by atoms with Crippen molar-refractivity contribution < 1.29 is 9.53 Å². The van der Waals surface area contributed by atoms with Crippen LogP contribution in [0, 0.1) is 11.3 Å². The van der Waals surface area contributed by atoms with Crippen LogP contribution in [0.15, 0.2) is 18.3 Å². The predicted octanol–water partition coefficient (Wildman–Crippen LogP) is 2.06. The van der Waals surface area contributed by atoms with E-state index in [0.717, 1.165) is 18.8 Å². The number of hydrogen-bond acceptors (Lipinski definition) is 4. The lowest BCUT2D eigenvalue weighted by Crippen LogP contribution is -2.63. The summed E-state index contributed by atoms with van der Waals surface area (Å²) in [7, 11) is 0. The average molecular weight is 289 g/mol. The Labute approximate surface area is 125 Å². The van der Waals surface area contributed by atoms with Crippen LogP contribution >= 0.6 is 0 Å². The zero-order chi connectivity index (χ0) is 15.0. The van der Waals surface area contributed by atoms with Crippen LogP contribution in [0.1, 0.15) is 37.6 Å². The Morgan fingerprint density at radius 3 is 2.95 bits per heavy atom. The summed E-state index contributed by atoms with van der Waals surface area (Å²) in [6.07, 6.45) is 3.11. The third-order valence-electron chi connectivity index (χ3n) is 4.77. The fourth-order valence-corrected chi connectivity index (χ4v) is 3.65. The van der Waals surface area contributed by atoms with E-state index in [-0.39, 0.29) is 11.3 Å². The molecule has 3 rings (SSSR count). The standard InChI is InChI=1S/C16H23N3O2/c1-4-17-15(20)10-5-6-12(18-9-10)19-13-11-7-8-21-14(11)16(13,2)3/h5-6,9,11,13-14H,4,7-8H2,1-3H3,(H,17,20)(H,18,19)/t11-,13+,14-/m0/s1. The van der Waals surface area contributed by atoms with Gasteiger partial charge in [-0.2, -0.15) is 0 Å². The summed E-state index contributed by atoms with van der Waals surface area (Å²) in [5, 5.41) is 6.29. The largest absolute Gasteiger partial charge is 0.377 e. The molecule has 1 aliphatic carbocycles. The summed E-state index contributed by atoms with van der Waals surface area (Å²) >= 11 is 0. The van der Waals surface area contributed by atoms with E-state index >= 15 is 0 Å². The Kier molecular flexibility index (Phi) is 3.61. The van der Waals surface area contributed by atoms with Gasteiger partial charge < -0.3 is 15.4 Å². The number of pyridine rings is 1. The molecule has 5 nitrogen and oxygen atoms in total. The van der Waals surface area contributed by atoms with Gasteiger partial charge in [0.15, 0.2) is 0 Å². The van der Waals surface area contributed by atoms with E-state index in [1.165, 1.54) is 0 Å². The smallest absolute Gasteiger partial charge is 0.252 e. The van der Waals surface area contributed by atoms with Crippen molar-refractivity contribution in [1.29, 1.82) is 0 Å². The Morgan fingerprint density at radius 2 is 2.29 bits per heavy atom. The minimum atomic E-state index is -0.0789. The quantitative estimate of drug-likeness (QED) is 0.890. The molecule has 1 saturated carbocycles. The molecule has 2 aliphatic rings. The van der Waals surface area contributed by atoms with Crippen LogP contribution in [0.3, 0.4) is 0 Å². The molecule has 5 heteroatoms. The summed E-state index contributed by atoms with van der Waals surface area (Å²) in [5.74, 6) is 1.32. The third-order valence-corrected chi connectivity index (χ3v) is 4.77. The molecule has 2 N–H and O–H groups in total. The summed E-state index contributed by atoms with van der Waals surface area (Å²) in [4.78, 5) is 16.1. The Bertz CT molecular complexity index is 527. The maximum Gasteiger partial charge on any atom is 0.252 e. The second-order valence-electron chi connectivity index (χ2n) is 6.48. The number of nitrogens with one attached hydrogen (secondary N) is 2. The molecule has 0 unspecified atom stereocenters. The van der Waals surface area contributed by atoms with Crippen LogP contribution in [0.5, 0.6) is 0 Å². The normalized spacial score (nSPS) is 29.4. The first kappa shape index (κ1) is 14.3. The average Bonchev–Trinajstić information content (AvgIpc) is 2.92. The number of amides is 1. The van der Waals surface area contributed by atoms with E-state index in [9.17, 15) is 4.79 Å². The number of nitrogens with zero attached hydrogens (tertiary/aromatic N) is 1. The number of rotatable bonds is 4. The lowest BCUT2D eigenvalue weighted by atomic mass is 9.57. The second kappa shape index (κ2) is 5.30. The lowest BCUT2D eigenvalue weighted by Gasteiger charge is -2.54. The molecule has 0 spiro atoms. The molecule has 0 aromatic carbocycles. The van der Waals surface area contributed by atoms with Gasteiger partial charge in [0.2, 0.25) is 0 Å². The van der Waals surface area contributed by atoms with Gasteiger partial charge in [0.25, 0.3) is 5.91 Å². The van der Waals surface area contributed by atoms with Crippen molar-refractivity contribution in [3.8, 4) is 0 Å². The van der Waals surface area contributed by atoms with Crippen molar-refractivity contribution in [2.45, 2.75) is 39.3 Å². The zero-order valence-corrected chi connectivity index (χ0v) is 12.8. The molecule has 1 amide bonds. The molecular weight excluding hydrogens is 266 g/mol. The molecule has 0 radical (unpaired) electrons. The van der Waals surface area contributed by atoms with Crippen molar-refractivity contribution >= 4 is 11.7 Å². The lowest BCUT2D eigenvalue weighted by molar-refractivity contribution is -0.0924. The zero-order valence-electron chi connectivity index (χ0n) is 12.8. The van der Waals surface area contributed by atoms with Crippen molar-refractivity contribution in [3.05, 3.63) is 23.9 Å². The highest BCUT2D eigenvalue weighted by Gasteiger charge is 2.59. The van der Waals surface area contributed by atoms with E-state index in [4.69, 9.17) is 4.74 Å². The maximum absolute atomic E-state index is 11.7. The highest BCUT2D eigenvalue weighted by atomic mass is 16.5. The van der Waals surface area contributed by atoms with Crippen molar-refractivity contribution in [2.75, 3.05) is 18.5 Å². The summed E-state index contributed by atoms with van der Waals surface area (Å²) in [6, 6.07) is 4.08. The number of hydrogen-bond donors (Lipinski definition) is 2. The fourth-order valence-electron chi connectivity index (χ4n) is 3.65. The fraction of sp³-hybridized carbons (Fsp3) is 0.625. The molecule has 1 aromatic heterocycles. The van der Waals surface area contributed by atoms with E-state index in [1.807, 2.05) is 19.1 Å². The van der Waals surface area contributed by atoms with Crippen LogP contribution in [-0.2, 0) is 4.74 Å². The minimum Gasteiger partial charge on any atom is -0.377 e. The van der Waals surface area contributed by atoms with Gasteiger partial charge in [-0.1, -0.05) is 13.8 Å². The van der Waals surface area contributed by atoms with Gasteiger partial charge in [-0.25, -0.2) is 4.98 Å². The van der Waals surface area contributed by atoms with E-state index in [1.54, 1.807) is 6.20 Å². The van der Waals surface area contributed by atoms with Crippen LogP contribution < -0.4 is 10.6 Å². The van der Waals surface area contributed by atoms with Gasteiger partial charge in [0.05, 0.1) is 11.7 Å². The van der Waals surface area contributed by atoms with E-state index in [0.29, 0.717) is 30.2 Å². The molecule has 2 heterocycles. The van der Waals surface area contributed by atoms with E-state index in [2.05, 4.69) is 29.5 Å². The highest BCUT2D eigenvalue weighted by Crippen LogP contribution is 2.53. The van der Waals surface area contributed by atoms with Gasteiger partial charge in [0.1, 0.15) is 5.82 Å². The first-order valence-corrected chi connectivity index (χ1v) is 7.66. The number of ether oxygens (including phenoxy) is 1. The van der Waals surface area contributed by atoms with Crippen molar-refractivity contribution in [3.63, 3.8) is 0 Å². The number of fused-ring (bicyclic) bond motifs is 1. The first-order chi connectivity index (χ1) is 10.0. The number of carbonyl (C=O) groups is 1. The summed E-state index contributed by atoms with van der Waals surface area (Å²) in [6.45, 7) is 7.86. The Balaban J connectivity index is 1.67. The molecule has 114 valence electrons. The van der Waals surface area contributed by atoms with Gasteiger partial charge in [-0.3, -0.25) is 4.79 Å². The Morgan fingerprint density at radius 1 is 1.48 bits per heavy atom. The molecular formula is C16H23N3O2. The van der Waals surface area contributed by atoms with E-state index < -0.39 is 0 Å². The highest BCUT2D eigenvalue weighted by molar-refractivity contribution is 5.93. The first-order valence-electron chi connectivity index (χ1n) is 7.66. The molecule has 0 bridgehead atoms. The molecule has 1 aliphatic heterocycles. The van der Waals surface area contributed by atoms with Crippen molar-refractivity contribution in [2.24, 2.45) is 11.3 Å². The third kappa shape index (κ3) is 2.39. The SMILES string of the molecule is CCNC(=O)c1ccc(N[C@@H]2[C@@H]3CCO[C@@H]3C2(C)C)nc1. The number of carbonyl (C=O) groups excluding carboxylic acids is 1. The second-order valence-corrected chi connectivity index (χ2v) is 6.48. The number of aromatic nitrogens is 1.